The summed E-state index contributed by atoms with van der Waals surface area (Å²) in [4.78, 5) is 3.99. The Hall–Kier alpha value is -2.01. The summed E-state index contributed by atoms with van der Waals surface area (Å²) in [5, 5.41) is 10.3. The molecule has 0 radical (unpaired) electrons. The molecule has 1 aromatic heterocycles. The Balaban J connectivity index is 2.41. The van der Waals surface area contributed by atoms with Gasteiger partial charge in [0.25, 0.3) is 0 Å². The van der Waals surface area contributed by atoms with Crippen molar-refractivity contribution in [2.45, 2.75) is 6.10 Å². The number of aliphatic hydroxyl groups excluding tert-OH is 1. The molecule has 1 aromatic carbocycles. The number of nitrogens with zero attached hydrogens (tertiary/aromatic N) is 2. The Morgan fingerprint density at radius 3 is 2.22 bits per heavy atom. The van der Waals surface area contributed by atoms with Gasteiger partial charge in [0.15, 0.2) is 0 Å². The molecule has 18 heavy (non-hydrogen) atoms. The van der Waals surface area contributed by atoms with Crippen LogP contribution in [0.15, 0.2) is 30.7 Å². The van der Waals surface area contributed by atoms with Crippen molar-refractivity contribution in [2.24, 2.45) is 7.05 Å². The highest BCUT2D eigenvalue weighted by atomic mass is 16.5. The van der Waals surface area contributed by atoms with Crippen molar-refractivity contribution in [1.82, 2.24) is 9.55 Å². The van der Waals surface area contributed by atoms with Gasteiger partial charge in [-0.15, -0.1) is 0 Å². The molecular weight excluding hydrogens is 232 g/mol. The monoisotopic (exact) mass is 248 g/mol. The van der Waals surface area contributed by atoms with Gasteiger partial charge in [0.05, 0.1) is 32.4 Å². The Morgan fingerprint density at radius 1 is 1.17 bits per heavy atom. The average molecular weight is 248 g/mol. The molecule has 2 aromatic rings. The van der Waals surface area contributed by atoms with Gasteiger partial charge >= 0.3 is 0 Å². The first kappa shape index (κ1) is 12.4. The first-order valence-electron chi connectivity index (χ1n) is 5.53. The van der Waals surface area contributed by atoms with Crippen LogP contribution in [-0.4, -0.2) is 28.9 Å². The van der Waals surface area contributed by atoms with Gasteiger partial charge in [-0.3, -0.25) is 0 Å². The fourth-order valence-electron chi connectivity index (χ4n) is 1.79. The fourth-order valence-corrected chi connectivity index (χ4v) is 1.79. The Morgan fingerprint density at radius 2 is 1.78 bits per heavy atom. The summed E-state index contributed by atoms with van der Waals surface area (Å²) in [5.74, 6) is 1.29. The molecule has 0 spiro atoms. The Bertz CT molecular complexity index is 515. The van der Waals surface area contributed by atoms with Gasteiger partial charge in [-0.25, -0.2) is 4.98 Å². The minimum absolute atomic E-state index is 0.644. The summed E-state index contributed by atoms with van der Waals surface area (Å²) in [7, 11) is 4.99. The molecule has 96 valence electrons. The summed E-state index contributed by atoms with van der Waals surface area (Å²) in [6.45, 7) is 0. The minimum atomic E-state index is -0.763. The van der Waals surface area contributed by atoms with Gasteiger partial charge in [0.1, 0.15) is 17.6 Å². The lowest BCUT2D eigenvalue weighted by Crippen LogP contribution is -2.05. The molecule has 5 heteroatoms. The van der Waals surface area contributed by atoms with E-state index in [0.29, 0.717) is 22.8 Å². The van der Waals surface area contributed by atoms with Crippen molar-refractivity contribution in [3.8, 4) is 11.5 Å². The number of benzene rings is 1. The quantitative estimate of drug-likeness (QED) is 0.891. The number of hydrogen-bond donors (Lipinski definition) is 1. The van der Waals surface area contributed by atoms with Crippen molar-refractivity contribution in [1.29, 1.82) is 0 Å². The zero-order chi connectivity index (χ0) is 13.1. The van der Waals surface area contributed by atoms with Crippen molar-refractivity contribution >= 4 is 0 Å². The van der Waals surface area contributed by atoms with E-state index in [2.05, 4.69) is 4.98 Å². The summed E-state index contributed by atoms with van der Waals surface area (Å²) >= 11 is 0. The second-order valence-electron chi connectivity index (χ2n) is 3.98. The van der Waals surface area contributed by atoms with Crippen molar-refractivity contribution in [3.05, 3.63) is 42.0 Å². The average Bonchev–Trinajstić information content (AvgIpc) is 2.83. The standard InChI is InChI=1S/C13H16N2O3/c1-15-8-14-7-12(15)13(16)9-4-10(17-2)6-11(5-9)18-3/h4-8,13,16H,1-3H3. The molecular formula is C13H16N2O3. The number of rotatable bonds is 4. The van der Waals surface area contributed by atoms with E-state index in [0.717, 1.165) is 0 Å². The molecule has 1 atom stereocenters. The predicted molar refractivity (Wildman–Crippen MR) is 66.8 cm³/mol. The number of ether oxygens (including phenoxy) is 2. The third-order valence-corrected chi connectivity index (χ3v) is 2.82. The lowest BCUT2D eigenvalue weighted by Gasteiger charge is -2.14. The summed E-state index contributed by atoms with van der Waals surface area (Å²) in [6, 6.07) is 5.32. The smallest absolute Gasteiger partial charge is 0.122 e. The summed E-state index contributed by atoms with van der Waals surface area (Å²) < 4.78 is 12.1. The van der Waals surface area contributed by atoms with Gasteiger partial charge in [-0.2, -0.15) is 0 Å². The molecule has 0 amide bonds. The topological polar surface area (TPSA) is 56.5 Å². The van der Waals surface area contributed by atoms with Crippen LogP contribution >= 0.6 is 0 Å². The summed E-state index contributed by atoms with van der Waals surface area (Å²) in [6.07, 6.45) is 2.52. The fraction of sp³-hybridized carbons (Fsp3) is 0.308. The second-order valence-corrected chi connectivity index (χ2v) is 3.98. The van der Waals surface area contributed by atoms with Gasteiger partial charge in [0, 0.05) is 13.1 Å². The Labute approximate surface area is 106 Å². The number of aromatic nitrogens is 2. The van der Waals surface area contributed by atoms with Crippen LogP contribution in [0.5, 0.6) is 11.5 Å². The van der Waals surface area contributed by atoms with Crippen molar-refractivity contribution in [2.75, 3.05) is 14.2 Å². The van der Waals surface area contributed by atoms with Gasteiger partial charge in [0.2, 0.25) is 0 Å². The van der Waals surface area contributed by atoms with E-state index >= 15 is 0 Å². The molecule has 1 heterocycles. The van der Waals surface area contributed by atoms with E-state index in [1.165, 1.54) is 0 Å². The summed E-state index contributed by atoms with van der Waals surface area (Å²) in [5.41, 5.74) is 1.42. The van der Waals surface area contributed by atoms with Crippen LogP contribution < -0.4 is 9.47 Å². The van der Waals surface area contributed by atoms with E-state index in [1.54, 1.807) is 49.5 Å². The van der Waals surface area contributed by atoms with E-state index in [4.69, 9.17) is 9.47 Å². The van der Waals surface area contributed by atoms with Crippen LogP contribution in [0.2, 0.25) is 0 Å². The van der Waals surface area contributed by atoms with Crippen LogP contribution in [-0.2, 0) is 7.05 Å². The molecule has 5 nitrogen and oxygen atoms in total. The second kappa shape index (κ2) is 5.10. The molecule has 1 N–H and O–H groups in total. The molecule has 0 aliphatic heterocycles. The van der Waals surface area contributed by atoms with Crippen LogP contribution in [0.1, 0.15) is 17.4 Å². The molecule has 0 aliphatic carbocycles. The van der Waals surface area contributed by atoms with E-state index in [9.17, 15) is 5.11 Å². The first-order chi connectivity index (χ1) is 8.65. The highest BCUT2D eigenvalue weighted by Crippen LogP contribution is 2.29. The molecule has 0 fully saturated rings. The zero-order valence-corrected chi connectivity index (χ0v) is 10.6. The first-order valence-corrected chi connectivity index (χ1v) is 5.53. The van der Waals surface area contributed by atoms with Gasteiger partial charge in [-0.05, 0) is 17.7 Å². The lowest BCUT2D eigenvalue weighted by molar-refractivity contribution is 0.210. The SMILES string of the molecule is COc1cc(OC)cc(C(O)c2cncn2C)c1. The maximum atomic E-state index is 10.3. The maximum Gasteiger partial charge on any atom is 0.122 e. The van der Waals surface area contributed by atoms with E-state index < -0.39 is 6.10 Å². The Kier molecular flexibility index (Phi) is 3.53. The highest BCUT2D eigenvalue weighted by molar-refractivity contribution is 5.41. The number of imidazole rings is 1. The predicted octanol–water partition coefficient (Wildman–Crippen LogP) is 1.52. The molecule has 0 saturated carbocycles. The minimum Gasteiger partial charge on any atom is -0.497 e. The van der Waals surface area contributed by atoms with Crippen molar-refractivity contribution < 1.29 is 14.6 Å². The lowest BCUT2D eigenvalue weighted by atomic mass is 10.1. The third kappa shape index (κ3) is 2.31. The zero-order valence-electron chi connectivity index (χ0n) is 10.6. The van der Waals surface area contributed by atoms with Gasteiger partial charge in [-0.1, -0.05) is 0 Å². The van der Waals surface area contributed by atoms with Crippen LogP contribution in [0.4, 0.5) is 0 Å². The molecule has 1 unspecified atom stereocenters. The van der Waals surface area contributed by atoms with Crippen LogP contribution in [0, 0.1) is 0 Å². The largest absolute Gasteiger partial charge is 0.497 e. The maximum absolute atomic E-state index is 10.3. The number of aryl methyl sites for hydroxylation is 1. The molecule has 0 aliphatic rings. The normalized spacial score (nSPS) is 12.2. The van der Waals surface area contributed by atoms with Crippen LogP contribution in [0.25, 0.3) is 0 Å². The number of aliphatic hydroxyl groups is 1. The van der Waals surface area contributed by atoms with E-state index in [1.807, 2.05) is 7.05 Å². The highest BCUT2D eigenvalue weighted by Gasteiger charge is 2.16. The van der Waals surface area contributed by atoms with Crippen LogP contribution in [0.3, 0.4) is 0 Å². The molecule has 0 saturated heterocycles. The number of methoxy groups -OCH3 is 2. The van der Waals surface area contributed by atoms with Crippen molar-refractivity contribution in [3.63, 3.8) is 0 Å². The third-order valence-electron chi connectivity index (χ3n) is 2.82. The number of hydrogen-bond acceptors (Lipinski definition) is 4. The molecule has 2 rings (SSSR count). The molecule has 0 bridgehead atoms. The van der Waals surface area contributed by atoms with E-state index in [-0.39, 0.29) is 0 Å². The van der Waals surface area contributed by atoms with Gasteiger partial charge < -0.3 is 19.1 Å².